The molecule has 0 saturated carbocycles. The van der Waals surface area contributed by atoms with Crippen LogP contribution in [0.25, 0.3) is 0 Å². The predicted molar refractivity (Wildman–Crippen MR) is 76.0 cm³/mol. The third-order valence-corrected chi connectivity index (χ3v) is 3.52. The van der Waals surface area contributed by atoms with Crippen LogP contribution in [-0.4, -0.2) is 5.11 Å². The van der Waals surface area contributed by atoms with Gasteiger partial charge < -0.3 is 5.11 Å². The maximum absolute atomic E-state index is 10.3. The second kappa shape index (κ2) is 5.55. The fourth-order valence-electron chi connectivity index (χ4n) is 2.18. The molecule has 0 spiro atoms. The minimum atomic E-state index is -0.509. The molecular formula is C16H17ClO. The van der Waals surface area contributed by atoms with E-state index in [1.165, 1.54) is 5.56 Å². The zero-order valence-electron chi connectivity index (χ0n) is 10.7. The summed E-state index contributed by atoms with van der Waals surface area (Å²) in [6.07, 6.45) is 0.0364. The number of benzene rings is 2. The van der Waals surface area contributed by atoms with Crippen LogP contribution in [0.3, 0.4) is 0 Å². The third kappa shape index (κ3) is 2.92. The number of hydrogen-bond acceptors (Lipinski definition) is 1. The van der Waals surface area contributed by atoms with Gasteiger partial charge in [0, 0.05) is 11.4 Å². The standard InChI is InChI=1S/C16H17ClO/c1-11-7-8-14(12(2)9-11)16(18)10-13-5-3-4-6-15(13)17/h3-9,16,18H,10H2,1-2H3. The normalized spacial score (nSPS) is 12.4. The minimum absolute atomic E-state index is 0.509. The van der Waals surface area contributed by atoms with Crippen LogP contribution < -0.4 is 0 Å². The summed E-state index contributed by atoms with van der Waals surface area (Å²) in [6, 6.07) is 13.8. The Kier molecular flexibility index (Phi) is 4.05. The van der Waals surface area contributed by atoms with Crippen molar-refractivity contribution in [2.75, 3.05) is 0 Å². The van der Waals surface area contributed by atoms with Gasteiger partial charge in [-0.3, -0.25) is 0 Å². The van der Waals surface area contributed by atoms with Crippen LogP contribution in [0.15, 0.2) is 42.5 Å². The van der Waals surface area contributed by atoms with Gasteiger partial charge in [0.2, 0.25) is 0 Å². The molecule has 1 nitrogen and oxygen atoms in total. The number of aliphatic hydroxyl groups excluding tert-OH is 1. The quantitative estimate of drug-likeness (QED) is 0.876. The highest BCUT2D eigenvalue weighted by molar-refractivity contribution is 6.31. The van der Waals surface area contributed by atoms with Gasteiger partial charge in [-0.1, -0.05) is 53.6 Å². The molecule has 94 valence electrons. The molecule has 0 aromatic heterocycles. The Hall–Kier alpha value is -1.31. The molecule has 0 saturated heterocycles. The maximum atomic E-state index is 10.3. The Morgan fingerprint density at radius 3 is 2.50 bits per heavy atom. The van der Waals surface area contributed by atoms with E-state index in [4.69, 9.17) is 11.6 Å². The molecule has 0 aliphatic rings. The van der Waals surface area contributed by atoms with Crippen molar-refractivity contribution >= 4 is 11.6 Å². The van der Waals surface area contributed by atoms with Gasteiger partial charge in [0.15, 0.2) is 0 Å². The highest BCUT2D eigenvalue weighted by atomic mass is 35.5. The molecular weight excluding hydrogens is 244 g/mol. The van der Waals surface area contributed by atoms with Crippen molar-refractivity contribution < 1.29 is 5.11 Å². The van der Waals surface area contributed by atoms with Crippen molar-refractivity contribution in [3.8, 4) is 0 Å². The molecule has 0 heterocycles. The van der Waals surface area contributed by atoms with E-state index in [9.17, 15) is 5.11 Å². The van der Waals surface area contributed by atoms with E-state index in [1.54, 1.807) is 0 Å². The Morgan fingerprint density at radius 2 is 1.83 bits per heavy atom. The topological polar surface area (TPSA) is 20.2 Å². The van der Waals surface area contributed by atoms with Crippen LogP contribution in [-0.2, 0) is 6.42 Å². The van der Waals surface area contributed by atoms with Crippen LogP contribution in [0, 0.1) is 13.8 Å². The third-order valence-electron chi connectivity index (χ3n) is 3.16. The molecule has 0 radical (unpaired) electrons. The van der Waals surface area contributed by atoms with Crippen molar-refractivity contribution in [1.29, 1.82) is 0 Å². The second-order valence-corrected chi connectivity index (χ2v) is 5.08. The average Bonchev–Trinajstić information content (AvgIpc) is 2.32. The number of aliphatic hydroxyl groups is 1. The molecule has 0 bridgehead atoms. The molecule has 2 heteroatoms. The van der Waals surface area contributed by atoms with Crippen LogP contribution >= 0.6 is 11.6 Å². The fourth-order valence-corrected chi connectivity index (χ4v) is 2.39. The summed E-state index contributed by atoms with van der Waals surface area (Å²) in [5.41, 5.74) is 4.28. The van der Waals surface area contributed by atoms with Crippen LogP contribution in [0.1, 0.15) is 28.4 Å². The summed E-state index contributed by atoms with van der Waals surface area (Å²) in [6.45, 7) is 4.08. The molecule has 0 fully saturated rings. The molecule has 0 aliphatic carbocycles. The van der Waals surface area contributed by atoms with Gasteiger partial charge in [0.05, 0.1) is 6.10 Å². The van der Waals surface area contributed by atoms with Gasteiger partial charge in [-0.2, -0.15) is 0 Å². The van der Waals surface area contributed by atoms with Crippen molar-refractivity contribution in [2.24, 2.45) is 0 Å². The molecule has 1 unspecified atom stereocenters. The first kappa shape index (κ1) is 13.1. The van der Waals surface area contributed by atoms with E-state index in [0.29, 0.717) is 11.4 Å². The lowest BCUT2D eigenvalue weighted by Gasteiger charge is -2.15. The molecule has 2 aromatic carbocycles. The molecule has 18 heavy (non-hydrogen) atoms. The molecule has 0 amide bonds. The molecule has 1 N–H and O–H groups in total. The summed E-state index contributed by atoms with van der Waals surface area (Å²) >= 11 is 6.11. The van der Waals surface area contributed by atoms with E-state index >= 15 is 0 Å². The lowest BCUT2D eigenvalue weighted by molar-refractivity contribution is 0.178. The summed E-state index contributed by atoms with van der Waals surface area (Å²) in [7, 11) is 0. The lowest BCUT2D eigenvalue weighted by atomic mass is 9.96. The van der Waals surface area contributed by atoms with Gasteiger partial charge in [-0.05, 0) is 36.6 Å². The van der Waals surface area contributed by atoms with Crippen LogP contribution in [0.5, 0.6) is 0 Å². The zero-order chi connectivity index (χ0) is 13.1. The van der Waals surface area contributed by atoms with Gasteiger partial charge in [-0.25, -0.2) is 0 Å². The molecule has 2 aromatic rings. The van der Waals surface area contributed by atoms with Crippen molar-refractivity contribution in [2.45, 2.75) is 26.4 Å². The van der Waals surface area contributed by atoms with Gasteiger partial charge in [0.25, 0.3) is 0 Å². The second-order valence-electron chi connectivity index (χ2n) is 4.67. The number of rotatable bonds is 3. The van der Waals surface area contributed by atoms with Crippen LogP contribution in [0.2, 0.25) is 5.02 Å². The number of aryl methyl sites for hydroxylation is 2. The summed E-state index contributed by atoms with van der Waals surface area (Å²) in [5.74, 6) is 0. The number of hydrogen-bond donors (Lipinski definition) is 1. The smallest absolute Gasteiger partial charge is 0.0833 e. The fraction of sp³-hybridized carbons (Fsp3) is 0.250. The number of halogens is 1. The summed E-state index contributed by atoms with van der Waals surface area (Å²) in [4.78, 5) is 0. The maximum Gasteiger partial charge on any atom is 0.0833 e. The Balaban J connectivity index is 2.22. The first-order valence-corrected chi connectivity index (χ1v) is 6.44. The Labute approximate surface area is 113 Å². The van der Waals surface area contributed by atoms with Crippen molar-refractivity contribution in [3.63, 3.8) is 0 Å². The summed E-state index contributed by atoms with van der Waals surface area (Å²) in [5, 5.41) is 11.0. The van der Waals surface area contributed by atoms with Gasteiger partial charge >= 0.3 is 0 Å². The Morgan fingerprint density at radius 1 is 1.11 bits per heavy atom. The zero-order valence-corrected chi connectivity index (χ0v) is 11.4. The predicted octanol–water partition coefficient (Wildman–Crippen LogP) is 4.23. The summed E-state index contributed by atoms with van der Waals surface area (Å²) < 4.78 is 0. The average molecular weight is 261 g/mol. The SMILES string of the molecule is Cc1ccc(C(O)Cc2ccccc2Cl)c(C)c1. The van der Waals surface area contributed by atoms with E-state index in [1.807, 2.05) is 43.3 Å². The van der Waals surface area contributed by atoms with E-state index in [2.05, 4.69) is 13.0 Å². The first-order chi connectivity index (χ1) is 8.58. The highest BCUT2D eigenvalue weighted by Crippen LogP contribution is 2.25. The largest absolute Gasteiger partial charge is 0.388 e. The van der Waals surface area contributed by atoms with Gasteiger partial charge in [-0.15, -0.1) is 0 Å². The molecule has 0 aliphatic heterocycles. The van der Waals surface area contributed by atoms with Crippen molar-refractivity contribution in [3.05, 3.63) is 69.7 Å². The first-order valence-electron chi connectivity index (χ1n) is 6.06. The molecule has 2 rings (SSSR count). The molecule has 1 atom stereocenters. The minimum Gasteiger partial charge on any atom is -0.388 e. The Bertz CT molecular complexity index is 549. The van der Waals surface area contributed by atoms with Gasteiger partial charge in [0.1, 0.15) is 0 Å². The van der Waals surface area contributed by atoms with E-state index in [-0.39, 0.29) is 0 Å². The lowest BCUT2D eigenvalue weighted by Crippen LogP contribution is -2.04. The van der Waals surface area contributed by atoms with E-state index < -0.39 is 6.10 Å². The van der Waals surface area contributed by atoms with Crippen molar-refractivity contribution in [1.82, 2.24) is 0 Å². The monoisotopic (exact) mass is 260 g/mol. The highest BCUT2D eigenvalue weighted by Gasteiger charge is 2.12. The van der Waals surface area contributed by atoms with E-state index in [0.717, 1.165) is 16.7 Å². The van der Waals surface area contributed by atoms with Crippen LogP contribution in [0.4, 0.5) is 0 Å².